The normalized spacial score (nSPS) is 10.6. The van der Waals surface area contributed by atoms with Gasteiger partial charge in [0.15, 0.2) is 0 Å². The van der Waals surface area contributed by atoms with Crippen LogP contribution in [-0.2, 0) is 16.0 Å². The van der Waals surface area contributed by atoms with E-state index >= 15 is 0 Å². The van der Waals surface area contributed by atoms with E-state index in [1.165, 1.54) is 11.3 Å². The molecule has 2 heterocycles. The number of aromatic nitrogens is 2. The van der Waals surface area contributed by atoms with Crippen molar-refractivity contribution in [1.29, 1.82) is 0 Å². The van der Waals surface area contributed by atoms with Crippen molar-refractivity contribution in [3.05, 3.63) is 59.7 Å². The number of amides is 2. The maximum Gasteiger partial charge on any atom is 0.230 e. The second kappa shape index (κ2) is 8.55. The van der Waals surface area contributed by atoms with Gasteiger partial charge < -0.3 is 10.6 Å². The van der Waals surface area contributed by atoms with Crippen LogP contribution in [0.5, 0.6) is 0 Å². The molecular weight excluding hydrogens is 360 g/mol. The molecule has 7 heteroatoms. The maximum atomic E-state index is 12.3. The molecule has 0 bridgehead atoms. The predicted molar refractivity (Wildman–Crippen MR) is 108 cm³/mol. The lowest BCUT2D eigenvalue weighted by Gasteiger charge is -2.10. The molecule has 0 aliphatic rings. The number of carbonyl (C=O) groups excluding carboxylic acids is 2. The molecule has 0 saturated carbocycles. The van der Waals surface area contributed by atoms with Gasteiger partial charge in [-0.25, -0.2) is 4.98 Å². The van der Waals surface area contributed by atoms with Crippen molar-refractivity contribution in [3.8, 4) is 10.7 Å². The van der Waals surface area contributed by atoms with Crippen LogP contribution in [0, 0.1) is 5.92 Å². The zero-order valence-corrected chi connectivity index (χ0v) is 15.9. The highest BCUT2D eigenvalue weighted by Gasteiger charge is 2.11. The topological polar surface area (TPSA) is 84.0 Å². The number of benzene rings is 1. The van der Waals surface area contributed by atoms with Gasteiger partial charge in [0.1, 0.15) is 5.01 Å². The molecule has 0 spiro atoms. The summed E-state index contributed by atoms with van der Waals surface area (Å²) in [7, 11) is 0. The lowest BCUT2D eigenvalue weighted by molar-refractivity contribution is -0.119. The molecule has 2 amide bonds. The molecule has 0 fully saturated rings. The minimum absolute atomic E-state index is 0.0667. The number of anilines is 2. The highest BCUT2D eigenvalue weighted by atomic mass is 32.1. The molecule has 0 saturated heterocycles. The summed E-state index contributed by atoms with van der Waals surface area (Å²) in [6.45, 7) is 3.65. The molecule has 0 aliphatic carbocycles. The largest absolute Gasteiger partial charge is 0.326 e. The van der Waals surface area contributed by atoms with Gasteiger partial charge in [0, 0.05) is 28.9 Å². The van der Waals surface area contributed by atoms with E-state index in [-0.39, 0.29) is 24.2 Å². The van der Waals surface area contributed by atoms with Crippen molar-refractivity contribution >= 4 is 34.5 Å². The van der Waals surface area contributed by atoms with E-state index in [1.807, 2.05) is 37.4 Å². The number of nitrogens with zero attached hydrogens (tertiary/aromatic N) is 2. The predicted octanol–water partition coefficient (Wildman–Crippen LogP) is 3.98. The van der Waals surface area contributed by atoms with Crippen LogP contribution in [0.25, 0.3) is 10.7 Å². The van der Waals surface area contributed by atoms with Crippen LogP contribution in [0.4, 0.5) is 11.4 Å². The minimum Gasteiger partial charge on any atom is -0.326 e. The average molecular weight is 380 g/mol. The van der Waals surface area contributed by atoms with Crippen LogP contribution in [0.1, 0.15) is 19.5 Å². The van der Waals surface area contributed by atoms with E-state index in [0.29, 0.717) is 17.1 Å². The molecule has 0 atom stereocenters. The van der Waals surface area contributed by atoms with Gasteiger partial charge >= 0.3 is 0 Å². The summed E-state index contributed by atoms with van der Waals surface area (Å²) in [4.78, 5) is 32.9. The third-order valence-corrected chi connectivity index (χ3v) is 4.63. The van der Waals surface area contributed by atoms with Crippen molar-refractivity contribution in [2.75, 3.05) is 10.6 Å². The average Bonchev–Trinajstić information content (AvgIpc) is 3.11. The van der Waals surface area contributed by atoms with E-state index in [9.17, 15) is 9.59 Å². The summed E-state index contributed by atoms with van der Waals surface area (Å²) in [6.07, 6.45) is 1.89. The Kier molecular flexibility index (Phi) is 5.93. The fourth-order valence-corrected chi connectivity index (χ4v) is 3.12. The lowest BCUT2D eigenvalue weighted by Crippen LogP contribution is -2.18. The van der Waals surface area contributed by atoms with Crippen molar-refractivity contribution < 1.29 is 9.59 Å². The Hall–Kier alpha value is -3.06. The highest BCUT2D eigenvalue weighted by Crippen LogP contribution is 2.22. The zero-order chi connectivity index (χ0) is 19.2. The Bertz CT molecular complexity index is 938. The minimum atomic E-state index is -0.166. The first-order valence-corrected chi connectivity index (χ1v) is 9.46. The summed E-state index contributed by atoms with van der Waals surface area (Å²) in [5.41, 5.74) is 2.77. The first-order valence-electron chi connectivity index (χ1n) is 8.58. The molecule has 6 nitrogen and oxygen atoms in total. The summed E-state index contributed by atoms with van der Waals surface area (Å²) >= 11 is 1.46. The molecule has 2 aromatic heterocycles. The number of rotatable bonds is 6. The van der Waals surface area contributed by atoms with Gasteiger partial charge in [0.05, 0.1) is 17.8 Å². The number of nitrogens with one attached hydrogen (secondary N) is 2. The highest BCUT2D eigenvalue weighted by molar-refractivity contribution is 7.13. The van der Waals surface area contributed by atoms with E-state index in [2.05, 4.69) is 20.6 Å². The summed E-state index contributed by atoms with van der Waals surface area (Å²) < 4.78 is 0. The molecule has 27 heavy (non-hydrogen) atoms. The molecule has 2 N–H and O–H groups in total. The van der Waals surface area contributed by atoms with Gasteiger partial charge in [-0.15, -0.1) is 11.3 Å². The van der Waals surface area contributed by atoms with Crippen LogP contribution >= 0.6 is 11.3 Å². The Morgan fingerprint density at radius 2 is 1.85 bits per heavy atom. The van der Waals surface area contributed by atoms with Crippen LogP contribution in [-0.4, -0.2) is 21.8 Å². The van der Waals surface area contributed by atoms with Crippen LogP contribution < -0.4 is 10.6 Å². The summed E-state index contributed by atoms with van der Waals surface area (Å²) in [5, 5.41) is 8.31. The lowest BCUT2D eigenvalue weighted by atomic mass is 10.2. The standard InChI is InChI=1S/C20H20N4O2S/c1-13(2)19(26)23-15-7-5-6-14(10-15)22-18(25)11-16-12-27-20(24-16)17-8-3-4-9-21-17/h3-10,12-13H,11H2,1-2H3,(H,22,25)(H,23,26). The molecule has 0 radical (unpaired) electrons. The third-order valence-electron chi connectivity index (χ3n) is 3.72. The molecule has 0 unspecified atom stereocenters. The second-order valence-electron chi connectivity index (χ2n) is 6.31. The van der Waals surface area contributed by atoms with Gasteiger partial charge in [0.2, 0.25) is 11.8 Å². The Balaban J connectivity index is 1.61. The van der Waals surface area contributed by atoms with Crippen molar-refractivity contribution in [3.63, 3.8) is 0 Å². The van der Waals surface area contributed by atoms with Gasteiger partial charge in [-0.1, -0.05) is 26.0 Å². The van der Waals surface area contributed by atoms with E-state index in [1.54, 1.807) is 30.5 Å². The van der Waals surface area contributed by atoms with Gasteiger partial charge in [-0.2, -0.15) is 0 Å². The van der Waals surface area contributed by atoms with Gasteiger partial charge in [-0.05, 0) is 30.3 Å². The summed E-state index contributed by atoms with van der Waals surface area (Å²) in [6, 6.07) is 12.7. The van der Waals surface area contributed by atoms with E-state index < -0.39 is 0 Å². The second-order valence-corrected chi connectivity index (χ2v) is 7.17. The zero-order valence-electron chi connectivity index (χ0n) is 15.1. The van der Waals surface area contributed by atoms with Crippen LogP contribution in [0.3, 0.4) is 0 Å². The molecule has 0 aliphatic heterocycles. The SMILES string of the molecule is CC(C)C(=O)Nc1cccc(NC(=O)Cc2csc(-c3ccccn3)n2)c1. The first-order chi connectivity index (χ1) is 13.0. The molecular formula is C20H20N4O2S. The third kappa shape index (κ3) is 5.21. The molecule has 138 valence electrons. The fraction of sp³-hybridized carbons (Fsp3) is 0.200. The number of hydrogen-bond acceptors (Lipinski definition) is 5. The Labute approximate surface area is 161 Å². The Morgan fingerprint density at radius 1 is 1.07 bits per heavy atom. The smallest absolute Gasteiger partial charge is 0.230 e. The van der Waals surface area contributed by atoms with E-state index in [4.69, 9.17) is 0 Å². The van der Waals surface area contributed by atoms with E-state index in [0.717, 1.165) is 10.7 Å². The van der Waals surface area contributed by atoms with Gasteiger partial charge in [-0.3, -0.25) is 14.6 Å². The van der Waals surface area contributed by atoms with Crippen LogP contribution in [0.15, 0.2) is 54.0 Å². The Morgan fingerprint density at radius 3 is 2.56 bits per heavy atom. The number of pyridine rings is 1. The van der Waals surface area contributed by atoms with Crippen molar-refractivity contribution in [2.24, 2.45) is 5.92 Å². The number of thiazole rings is 1. The fourth-order valence-electron chi connectivity index (χ4n) is 2.33. The molecule has 1 aromatic carbocycles. The number of hydrogen-bond donors (Lipinski definition) is 2. The van der Waals surface area contributed by atoms with Crippen molar-refractivity contribution in [2.45, 2.75) is 20.3 Å². The molecule has 3 rings (SSSR count). The molecule has 3 aromatic rings. The summed E-state index contributed by atoms with van der Waals surface area (Å²) in [5.74, 6) is -0.343. The quantitative estimate of drug-likeness (QED) is 0.677. The monoisotopic (exact) mass is 380 g/mol. The maximum absolute atomic E-state index is 12.3. The van der Waals surface area contributed by atoms with Crippen molar-refractivity contribution in [1.82, 2.24) is 9.97 Å². The van der Waals surface area contributed by atoms with Crippen LogP contribution in [0.2, 0.25) is 0 Å². The van der Waals surface area contributed by atoms with Gasteiger partial charge in [0.25, 0.3) is 0 Å². The first kappa shape index (κ1) is 18.7. The number of carbonyl (C=O) groups is 2.